The van der Waals surface area contributed by atoms with Crippen LogP contribution in [0.3, 0.4) is 0 Å². The van der Waals surface area contributed by atoms with Gasteiger partial charge >= 0.3 is 0 Å². The lowest BCUT2D eigenvalue weighted by molar-refractivity contribution is -0.132. The molecule has 144 valence electrons. The molecule has 0 aromatic heterocycles. The normalized spacial score (nSPS) is 13.3. The van der Waals surface area contributed by atoms with E-state index in [0.717, 1.165) is 24.5 Å². The molecule has 2 aromatic rings. The van der Waals surface area contributed by atoms with Crippen LogP contribution >= 0.6 is 0 Å². The van der Waals surface area contributed by atoms with E-state index in [-0.39, 0.29) is 24.9 Å². The third-order valence-electron chi connectivity index (χ3n) is 4.76. The second kappa shape index (κ2) is 8.37. The van der Waals surface area contributed by atoms with E-state index in [4.69, 9.17) is 9.47 Å². The van der Waals surface area contributed by atoms with Crippen LogP contribution in [0.15, 0.2) is 36.4 Å². The van der Waals surface area contributed by atoms with E-state index in [1.54, 1.807) is 25.2 Å². The zero-order chi connectivity index (χ0) is 19.4. The largest absolute Gasteiger partial charge is 0.497 e. The molecular formula is C21H23F2NO3. The predicted molar refractivity (Wildman–Crippen MR) is 97.8 cm³/mol. The Labute approximate surface area is 157 Å². The van der Waals surface area contributed by atoms with Gasteiger partial charge in [-0.25, -0.2) is 8.78 Å². The number of rotatable bonds is 8. The Morgan fingerprint density at radius 3 is 2.48 bits per heavy atom. The van der Waals surface area contributed by atoms with Gasteiger partial charge in [-0.05, 0) is 49.1 Å². The molecule has 0 unspecified atom stereocenters. The maximum absolute atomic E-state index is 14.0. The van der Waals surface area contributed by atoms with Gasteiger partial charge in [0.1, 0.15) is 23.1 Å². The van der Waals surface area contributed by atoms with Crippen molar-refractivity contribution in [2.75, 3.05) is 14.2 Å². The molecule has 1 saturated carbocycles. The first-order chi connectivity index (χ1) is 13.0. The summed E-state index contributed by atoms with van der Waals surface area (Å²) in [7, 11) is 3.17. The Kier molecular flexibility index (Phi) is 5.94. The molecule has 1 aliphatic carbocycles. The molecule has 0 spiro atoms. The number of amides is 1. The Hall–Kier alpha value is -2.63. The minimum atomic E-state index is -0.622. The van der Waals surface area contributed by atoms with E-state index in [9.17, 15) is 13.6 Å². The zero-order valence-corrected chi connectivity index (χ0v) is 15.5. The topological polar surface area (TPSA) is 38.8 Å². The summed E-state index contributed by atoms with van der Waals surface area (Å²) in [4.78, 5) is 14.5. The van der Waals surface area contributed by atoms with Gasteiger partial charge < -0.3 is 14.4 Å². The van der Waals surface area contributed by atoms with Crippen molar-refractivity contribution >= 4 is 5.91 Å². The molecule has 0 bridgehead atoms. The highest BCUT2D eigenvalue weighted by atomic mass is 19.1. The first kappa shape index (κ1) is 19.1. The van der Waals surface area contributed by atoms with E-state index in [1.165, 1.54) is 12.1 Å². The fourth-order valence-corrected chi connectivity index (χ4v) is 3.10. The van der Waals surface area contributed by atoms with Crippen molar-refractivity contribution in [1.82, 2.24) is 4.90 Å². The predicted octanol–water partition coefficient (Wildman–Crippen LogP) is 4.11. The van der Waals surface area contributed by atoms with Crippen LogP contribution in [0.2, 0.25) is 0 Å². The molecule has 0 N–H and O–H groups in total. The Balaban J connectivity index is 1.69. The second-order valence-corrected chi connectivity index (χ2v) is 6.67. The van der Waals surface area contributed by atoms with Gasteiger partial charge in [0, 0.05) is 30.6 Å². The number of nitrogens with zero attached hydrogens (tertiary/aromatic N) is 1. The number of hydrogen-bond acceptors (Lipinski definition) is 3. The molecule has 1 fully saturated rings. The summed E-state index contributed by atoms with van der Waals surface area (Å²) in [5, 5.41) is 0. The van der Waals surface area contributed by atoms with E-state index >= 15 is 0 Å². The fraction of sp³-hybridized carbons (Fsp3) is 0.381. The Morgan fingerprint density at radius 1 is 1.07 bits per heavy atom. The summed E-state index contributed by atoms with van der Waals surface area (Å²) in [6.45, 7) is 0.158. The van der Waals surface area contributed by atoms with Gasteiger partial charge in [0.15, 0.2) is 0 Å². The van der Waals surface area contributed by atoms with Crippen LogP contribution in [0.4, 0.5) is 8.78 Å². The molecule has 0 heterocycles. The van der Waals surface area contributed by atoms with E-state index in [1.807, 2.05) is 12.1 Å². The van der Waals surface area contributed by atoms with Crippen LogP contribution in [0.5, 0.6) is 11.5 Å². The van der Waals surface area contributed by atoms with Crippen LogP contribution in [0.1, 0.15) is 30.4 Å². The standard InChI is InChI=1S/C21H23F2NO3/c1-26-18-8-9-20(27-2)14(11-18)4-10-21(25)24(17-6-7-17)13-15-3-5-16(22)12-19(15)23/h3,5,8-9,11-12,17H,4,6-7,10,13H2,1-2H3. The highest BCUT2D eigenvalue weighted by Gasteiger charge is 2.32. The van der Waals surface area contributed by atoms with Crippen molar-refractivity contribution in [1.29, 1.82) is 0 Å². The summed E-state index contributed by atoms with van der Waals surface area (Å²) in [6.07, 6.45) is 2.60. The van der Waals surface area contributed by atoms with Gasteiger partial charge in [-0.3, -0.25) is 4.79 Å². The molecule has 1 aliphatic rings. The van der Waals surface area contributed by atoms with Crippen LogP contribution in [-0.4, -0.2) is 31.1 Å². The van der Waals surface area contributed by atoms with Crippen LogP contribution in [-0.2, 0) is 17.8 Å². The van der Waals surface area contributed by atoms with Gasteiger partial charge in [0.05, 0.1) is 14.2 Å². The minimum absolute atomic E-state index is 0.0499. The highest BCUT2D eigenvalue weighted by molar-refractivity contribution is 5.77. The fourth-order valence-electron chi connectivity index (χ4n) is 3.10. The molecule has 0 saturated heterocycles. The maximum atomic E-state index is 14.0. The van der Waals surface area contributed by atoms with Crippen molar-refractivity contribution in [3.05, 3.63) is 59.2 Å². The molecule has 27 heavy (non-hydrogen) atoms. The van der Waals surface area contributed by atoms with Crippen LogP contribution in [0.25, 0.3) is 0 Å². The van der Waals surface area contributed by atoms with Crippen LogP contribution in [0, 0.1) is 11.6 Å². The summed E-state index contributed by atoms with van der Waals surface area (Å²) in [5.41, 5.74) is 1.21. The average Bonchev–Trinajstić information content (AvgIpc) is 3.50. The third-order valence-corrected chi connectivity index (χ3v) is 4.76. The molecule has 3 rings (SSSR count). The monoisotopic (exact) mass is 375 g/mol. The zero-order valence-electron chi connectivity index (χ0n) is 15.5. The number of hydrogen-bond donors (Lipinski definition) is 0. The summed E-state index contributed by atoms with van der Waals surface area (Å²) < 4.78 is 37.7. The molecule has 4 nitrogen and oxygen atoms in total. The lowest BCUT2D eigenvalue weighted by atomic mass is 10.1. The highest BCUT2D eigenvalue weighted by Crippen LogP contribution is 2.31. The van der Waals surface area contributed by atoms with Crippen molar-refractivity contribution < 1.29 is 23.0 Å². The lowest BCUT2D eigenvalue weighted by Crippen LogP contribution is -2.33. The molecule has 0 radical (unpaired) electrons. The summed E-state index contributed by atoms with van der Waals surface area (Å²) in [6, 6.07) is 9.07. The summed E-state index contributed by atoms with van der Waals surface area (Å²) >= 11 is 0. The van der Waals surface area contributed by atoms with Crippen molar-refractivity contribution in [2.45, 2.75) is 38.3 Å². The molecule has 0 aliphatic heterocycles. The van der Waals surface area contributed by atoms with Crippen molar-refractivity contribution in [3.63, 3.8) is 0 Å². The van der Waals surface area contributed by atoms with Crippen LogP contribution < -0.4 is 9.47 Å². The van der Waals surface area contributed by atoms with E-state index in [2.05, 4.69) is 0 Å². The van der Waals surface area contributed by atoms with Crippen molar-refractivity contribution in [2.24, 2.45) is 0 Å². The maximum Gasteiger partial charge on any atom is 0.223 e. The molecule has 6 heteroatoms. The quantitative estimate of drug-likeness (QED) is 0.697. The van der Waals surface area contributed by atoms with Gasteiger partial charge in [0.25, 0.3) is 0 Å². The van der Waals surface area contributed by atoms with Gasteiger partial charge in [0.2, 0.25) is 5.91 Å². The first-order valence-corrected chi connectivity index (χ1v) is 8.96. The first-order valence-electron chi connectivity index (χ1n) is 8.96. The molecular weight excluding hydrogens is 352 g/mol. The number of methoxy groups -OCH3 is 2. The average molecular weight is 375 g/mol. The second-order valence-electron chi connectivity index (χ2n) is 6.67. The third kappa shape index (κ3) is 4.76. The number of carbonyl (C=O) groups excluding carboxylic acids is 1. The van der Waals surface area contributed by atoms with Gasteiger partial charge in [-0.1, -0.05) is 6.07 Å². The number of benzene rings is 2. The van der Waals surface area contributed by atoms with Gasteiger partial charge in [-0.2, -0.15) is 0 Å². The Morgan fingerprint density at radius 2 is 1.85 bits per heavy atom. The van der Waals surface area contributed by atoms with Gasteiger partial charge in [-0.15, -0.1) is 0 Å². The number of halogens is 2. The molecule has 0 atom stereocenters. The van der Waals surface area contributed by atoms with Crippen molar-refractivity contribution in [3.8, 4) is 11.5 Å². The number of ether oxygens (including phenoxy) is 2. The number of aryl methyl sites for hydroxylation is 1. The smallest absolute Gasteiger partial charge is 0.223 e. The number of carbonyl (C=O) groups is 1. The minimum Gasteiger partial charge on any atom is -0.497 e. The lowest BCUT2D eigenvalue weighted by Gasteiger charge is -2.23. The SMILES string of the molecule is COc1ccc(OC)c(CCC(=O)N(Cc2ccc(F)cc2F)C2CC2)c1. The summed E-state index contributed by atoms with van der Waals surface area (Å²) in [5.74, 6) is 0.108. The van der Waals surface area contributed by atoms with E-state index in [0.29, 0.717) is 23.5 Å². The molecule has 1 amide bonds. The molecule has 2 aromatic carbocycles. The Bertz CT molecular complexity index is 821. The van der Waals surface area contributed by atoms with E-state index < -0.39 is 11.6 Å².